The summed E-state index contributed by atoms with van der Waals surface area (Å²) in [5, 5.41) is 4.93. The molecule has 9 aromatic carbocycles. The lowest BCUT2D eigenvalue weighted by Crippen LogP contribution is -2.36. The zero-order valence-corrected chi connectivity index (χ0v) is 39.8. The van der Waals surface area contributed by atoms with Crippen LogP contribution >= 0.6 is 0 Å². The van der Waals surface area contributed by atoms with Crippen LogP contribution in [0.1, 0.15) is 55.5 Å². The summed E-state index contributed by atoms with van der Waals surface area (Å²) in [5.74, 6) is 3.59. The maximum atomic E-state index is 6.34. The molecule has 0 atom stereocenters. The van der Waals surface area contributed by atoms with Crippen LogP contribution in [0.3, 0.4) is 0 Å². The Kier molecular flexibility index (Phi) is 9.34. The van der Waals surface area contributed by atoms with Crippen LogP contribution in [0, 0.1) is 6.92 Å². The van der Waals surface area contributed by atoms with E-state index in [9.17, 15) is 0 Å². The van der Waals surface area contributed by atoms with E-state index in [-0.39, 0.29) is 10.8 Å². The maximum absolute atomic E-state index is 6.34. The van der Waals surface area contributed by atoms with Crippen LogP contribution < -0.4 is 4.74 Å². The molecule has 0 aliphatic heterocycles. The van der Waals surface area contributed by atoms with E-state index in [1.165, 1.54) is 60.3 Å². The average Bonchev–Trinajstić information content (AvgIpc) is 3.91. The van der Waals surface area contributed by atoms with E-state index in [4.69, 9.17) is 19.7 Å². The van der Waals surface area contributed by atoms with Crippen LogP contribution in [0.25, 0.3) is 89.2 Å². The molecule has 6 nitrogen and oxygen atoms in total. The Labute approximate surface area is 407 Å². The van der Waals surface area contributed by atoms with Crippen molar-refractivity contribution in [2.45, 2.75) is 45.4 Å². The molecular weight excluding hydrogens is 855 g/mol. The highest BCUT2D eigenvalue weighted by Gasteiger charge is 2.43. The van der Waals surface area contributed by atoms with Gasteiger partial charge in [0.2, 0.25) is 0 Å². The summed E-state index contributed by atoms with van der Waals surface area (Å²) < 4.78 is 11.2. The quantitative estimate of drug-likeness (QED) is 0.160. The van der Waals surface area contributed by atoms with Crippen LogP contribution in [-0.4, -0.2) is 24.1 Å². The largest absolute Gasteiger partial charge is 0.457 e. The molecule has 0 bridgehead atoms. The number of para-hydroxylation sites is 3. The van der Waals surface area contributed by atoms with Gasteiger partial charge in [-0.05, 0) is 114 Å². The molecule has 0 N–H and O–H groups in total. The monoisotopic (exact) mass is 903 g/mol. The van der Waals surface area contributed by atoms with Crippen LogP contribution in [0.5, 0.6) is 11.5 Å². The number of hydrogen-bond acceptors (Lipinski definition) is 4. The van der Waals surface area contributed by atoms with Crippen molar-refractivity contribution in [3.63, 3.8) is 0 Å². The Morgan fingerprint density at radius 3 is 1.30 bits per heavy atom. The van der Waals surface area contributed by atoms with Crippen molar-refractivity contribution >= 4 is 43.6 Å². The minimum atomic E-state index is -0.325. The number of rotatable bonds is 7. The fraction of sp³-hybridized carbons (Fsp3) is 0.109. The van der Waals surface area contributed by atoms with Crippen molar-refractivity contribution in [3.05, 3.63) is 234 Å². The van der Waals surface area contributed by atoms with Gasteiger partial charge in [0.25, 0.3) is 0 Å². The lowest BCUT2D eigenvalue weighted by Gasteiger charge is -2.44. The molecule has 0 amide bonds. The lowest BCUT2D eigenvalue weighted by molar-refractivity contribution is 0.479. The third-order valence-corrected chi connectivity index (χ3v) is 14.8. The van der Waals surface area contributed by atoms with Gasteiger partial charge in [-0.1, -0.05) is 155 Å². The molecule has 0 saturated carbocycles. The summed E-state index contributed by atoms with van der Waals surface area (Å²) >= 11 is 0. The van der Waals surface area contributed by atoms with Gasteiger partial charge in [0.1, 0.15) is 11.5 Å². The van der Waals surface area contributed by atoms with E-state index in [2.05, 4.69) is 183 Å². The van der Waals surface area contributed by atoms with E-state index in [0.717, 1.165) is 50.6 Å². The smallest absolute Gasteiger partial charge is 0.164 e. The first-order valence-corrected chi connectivity index (χ1v) is 24.1. The van der Waals surface area contributed by atoms with Crippen molar-refractivity contribution in [3.8, 4) is 57.0 Å². The maximum Gasteiger partial charge on any atom is 0.164 e. The SMILES string of the molecule is Cc1cc(-n2c3ccccc3c3cc4c(cc32)C(C)(C)c2cc3c5ccccc5n(-c5cccc(-c6nc(-c7ccccc7)nc(-c7ccccc7)n6)c5)c3cc2C4(C)C)ccc1Oc1ccccc1. The number of aryl methyl sites for hydroxylation is 1. The molecule has 0 unspecified atom stereocenters. The van der Waals surface area contributed by atoms with Crippen molar-refractivity contribution in [1.29, 1.82) is 0 Å². The zero-order valence-electron chi connectivity index (χ0n) is 39.8. The third kappa shape index (κ3) is 6.51. The first-order chi connectivity index (χ1) is 34.1. The predicted octanol–water partition coefficient (Wildman–Crippen LogP) is 16.1. The Morgan fingerprint density at radius 2 is 0.786 bits per heavy atom. The van der Waals surface area contributed by atoms with Gasteiger partial charge in [-0.25, -0.2) is 15.0 Å². The first-order valence-electron chi connectivity index (χ1n) is 24.1. The minimum Gasteiger partial charge on any atom is -0.457 e. The number of benzene rings is 9. The highest BCUT2D eigenvalue weighted by Crippen LogP contribution is 2.53. The molecule has 13 rings (SSSR count). The number of ether oxygens (including phenoxy) is 1. The van der Waals surface area contributed by atoms with Crippen molar-refractivity contribution in [1.82, 2.24) is 24.1 Å². The number of fused-ring (bicyclic) bond motifs is 8. The molecule has 3 aromatic heterocycles. The van der Waals surface area contributed by atoms with E-state index in [1.54, 1.807) is 0 Å². The highest BCUT2D eigenvalue weighted by atomic mass is 16.5. The van der Waals surface area contributed by atoms with E-state index < -0.39 is 0 Å². The fourth-order valence-electron chi connectivity index (χ4n) is 11.2. The topological polar surface area (TPSA) is 57.8 Å². The Morgan fingerprint density at radius 1 is 0.357 bits per heavy atom. The van der Waals surface area contributed by atoms with Crippen molar-refractivity contribution in [2.24, 2.45) is 0 Å². The van der Waals surface area contributed by atoms with E-state index in [1.807, 2.05) is 66.7 Å². The van der Waals surface area contributed by atoms with Crippen molar-refractivity contribution in [2.75, 3.05) is 0 Å². The molecule has 1 aliphatic rings. The fourth-order valence-corrected chi connectivity index (χ4v) is 11.2. The number of nitrogens with zero attached hydrogens (tertiary/aromatic N) is 5. The van der Waals surface area contributed by atoms with E-state index in [0.29, 0.717) is 17.5 Å². The lowest BCUT2D eigenvalue weighted by atomic mass is 9.59. The van der Waals surface area contributed by atoms with Crippen molar-refractivity contribution < 1.29 is 4.74 Å². The van der Waals surface area contributed by atoms with Crippen LogP contribution in [-0.2, 0) is 10.8 Å². The summed E-state index contributed by atoms with van der Waals surface area (Å²) in [7, 11) is 0. The molecule has 6 heteroatoms. The van der Waals surface area contributed by atoms with Gasteiger partial charge in [-0.3, -0.25) is 0 Å². The molecule has 3 heterocycles. The Bertz CT molecular complexity index is 3980. The van der Waals surface area contributed by atoms with Gasteiger partial charge >= 0.3 is 0 Å². The summed E-state index contributed by atoms with van der Waals surface area (Å²) in [6.45, 7) is 11.8. The molecule has 0 spiro atoms. The summed E-state index contributed by atoms with van der Waals surface area (Å²) in [5.41, 5.74) is 15.5. The van der Waals surface area contributed by atoms with Gasteiger partial charge in [-0.2, -0.15) is 0 Å². The van der Waals surface area contributed by atoms with Gasteiger partial charge in [0, 0.05) is 60.4 Å². The van der Waals surface area contributed by atoms with Crippen LogP contribution in [0.2, 0.25) is 0 Å². The van der Waals surface area contributed by atoms with Gasteiger partial charge < -0.3 is 13.9 Å². The molecule has 1 aliphatic carbocycles. The molecule has 0 fully saturated rings. The summed E-state index contributed by atoms with van der Waals surface area (Å²) in [4.78, 5) is 15.2. The van der Waals surface area contributed by atoms with Crippen LogP contribution in [0.15, 0.2) is 206 Å². The number of hydrogen-bond donors (Lipinski definition) is 0. The predicted molar refractivity (Wildman–Crippen MR) is 287 cm³/mol. The minimum absolute atomic E-state index is 0.318. The third-order valence-electron chi connectivity index (χ3n) is 14.8. The second-order valence-electron chi connectivity index (χ2n) is 19.7. The Hall–Kier alpha value is -8.61. The summed E-state index contributed by atoms with van der Waals surface area (Å²) in [6, 6.07) is 73.2. The number of aromatic nitrogens is 5. The molecule has 336 valence electrons. The second kappa shape index (κ2) is 15.7. The molecule has 70 heavy (non-hydrogen) atoms. The Balaban J connectivity index is 0.970. The molecule has 0 radical (unpaired) electrons. The highest BCUT2D eigenvalue weighted by molar-refractivity contribution is 6.12. The summed E-state index contributed by atoms with van der Waals surface area (Å²) in [6.07, 6.45) is 0. The molecule has 0 saturated heterocycles. The second-order valence-corrected chi connectivity index (χ2v) is 19.7. The normalized spacial score (nSPS) is 13.7. The average molecular weight is 904 g/mol. The van der Waals surface area contributed by atoms with Gasteiger partial charge in [0.15, 0.2) is 17.5 Å². The standard InChI is InChI=1S/C64H49N5O/c1-40-34-45(32-33-59(40)70-46-26-13-8-14-27-46)69-56-31-18-16-29-48(56)50-37-52-54(39-58(50)69)64(4,5)51-36-49-47-28-15-17-30-55(47)68(57(49)38-53(51)63(52,2)3)44-25-19-24-43(35-44)62-66-60(41-20-9-6-10-21-41)65-61(67-62)42-22-11-7-12-23-42/h6-39H,1-5H3. The van der Waals surface area contributed by atoms with Gasteiger partial charge in [0.05, 0.1) is 22.1 Å². The molecule has 12 aromatic rings. The van der Waals surface area contributed by atoms with E-state index >= 15 is 0 Å². The molecular formula is C64H49N5O. The van der Waals surface area contributed by atoms with Crippen LogP contribution in [0.4, 0.5) is 0 Å². The zero-order chi connectivity index (χ0) is 47.3. The first kappa shape index (κ1) is 41.6. The van der Waals surface area contributed by atoms with Gasteiger partial charge in [-0.15, -0.1) is 0 Å².